The number of aryl methyl sites for hydroxylation is 1. The molecule has 0 bridgehead atoms. The van der Waals surface area contributed by atoms with Crippen molar-refractivity contribution in [3.8, 4) is 0 Å². The van der Waals surface area contributed by atoms with Gasteiger partial charge in [-0.2, -0.15) is 0 Å². The number of benzene rings is 1. The third-order valence-corrected chi connectivity index (χ3v) is 4.65. The molecular formula is C17H21N3OS. The largest absolute Gasteiger partial charge is 0.326 e. The van der Waals surface area contributed by atoms with Crippen LogP contribution in [0.2, 0.25) is 0 Å². The Bertz CT molecular complexity index is 647. The van der Waals surface area contributed by atoms with E-state index in [1.807, 2.05) is 24.4 Å². The van der Waals surface area contributed by atoms with Crippen LogP contribution in [0.25, 0.3) is 0 Å². The smallest absolute Gasteiger partial charge is 0.230 e. The molecule has 1 aromatic carbocycles. The Morgan fingerprint density at radius 3 is 2.91 bits per heavy atom. The molecule has 0 radical (unpaired) electrons. The number of rotatable bonds is 5. The van der Waals surface area contributed by atoms with Crippen LogP contribution in [0.5, 0.6) is 0 Å². The molecule has 1 aliphatic heterocycles. The molecule has 1 N–H and O–H groups in total. The predicted molar refractivity (Wildman–Crippen MR) is 90.1 cm³/mol. The maximum Gasteiger partial charge on any atom is 0.230 e. The number of carbonyl (C=O) groups excluding carboxylic acids is 1. The fraction of sp³-hybridized carbons (Fsp3) is 0.412. The summed E-state index contributed by atoms with van der Waals surface area (Å²) in [6, 6.07) is 8.14. The first-order chi connectivity index (χ1) is 10.7. The summed E-state index contributed by atoms with van der Waals surface area (Å²) in [6.07, 6.45) is 2.92. The molecule has 1 saturated heterocycles. The normalized spacial score (nSPS) is 15.1. The second-order valence-electron chi connectivity index (χ2n) is 5.77. The van der Waals surface area contributed by atoms with Crippen molar-refractivity contribution in [1.29, 1.82) is 0 Å². The minimum absolute atomic E-state index is 0.0105. The van der Waals surface area contributed by atoms with Crippen LogP contribution in [-0.4, -0.2) is 28.9 Å². The number of anilines is 1. The Morgan fingerprint density at radius 1 is 1.36 bits per heavy atom. The molecule has 0 unspecified atom stereocenters. The van der Waals surface area contributed by atoms with Crippen LogP contribution in [0, 0.1) is 6.92 Å². The molecule has 22 heavy (non-hydrogen) atoms. The summed E-state index contributed by atoms with van der Waals surface area (Å²) in [4.78, 5) is 18.9. The summed E-state index contributed by atoms with van der Waals surface area (Å²) in [7, 11) is 0. The van der Waals surface area contributed by atoms with E-state index >= 15 is 0 Å². The SMILES string of the molecule is Cc1nc(CC(=O)Nc2cccc(CN3CCCC3)c2)cs1. The third kappa shape index (κ3) is 4.15. The molecule has 1 aromatic heterocycles. The zero-order chi connectivity index (χ0) is 15.4. The first kappa shape index (κ1) is 15.2. The minimum Gasteiger partial charge on any atom is -0.326 e. The van der Waals surface area contributed by atoms with Crippen molar-refractivity contribution in [3.63, 3.8) is 0 Å². The minimum atomic E-state index is -0.0105. The van der Waals surface area contributed by atoms with Crippen LogP contribution in [0.3, 0.4) is 0 Å². The zero-order valence-corrected chi connectivity index (χ0v) is 13.7. The van der Waals surface area contributed by atoms with E-state index in [-0.39, 0.29) is 5.91 Å². The molecule has 4 nitrogen and oxygen atoms in total. The lowest BCUT2D eigenvalue weighted by Gasteiger charge is -2.15. The number of amides is 1. The topological polar surface area (TPSA) is 45.2 Å². The highest BCUT2D eigenvalue weighted by Gasteiger charge is 2.12. The maximum absolute atomic E-state index is 12.1. The summed E-state index contributed by atoms with van der Waals surface area (Å²) < 4.78 is 0. The van der Waals surface area contributed by atoms with Crippen molar-refractivity contribution in [1.82, 2.24) is 9.88 Å². The van der Waals surface area contributed by atoms with Crippen LogP contribution in [0.1, 0.15) is 29.1 Å². The van der Waals surface area contributed by atoms with E-state index in [0.29, 0.717) is 6.42 Å². The second-order valence-corrected chi connectivity index (χ2v) is 6.83. The molecular weight excluding hydrogens is 294 g/mol. The third-order valence-electron chi connectivity index (χ3n) is 3.82. The summed E-state index contributed by atoms with van der Waals surface area (Å²) in [5.41, 5.74) is 2.96. The lowest BCUT2D eigenvalue weighted by atomic mass is 10.2. The fourth-order valence-electron chi connectivity index (χ4n) is 2.81. The Balaban J connectivity index is 1.58. The number of thiazole rings is 1. The fourth-order valence-corrected chi connectivity index (χ4v) is 3.42. The van der Waals surface area contributed by atoms with Gasteiger partial charge in [-0.25, -0.2) is 4.98 Å². The van der Waals surface area contributed by atoms with Crippen LogP contribution in [-0.2, 0) is 17.8 Å². The van der Waals surface area contributed by atoms with E-state index < -0.39 is 0 Å². The highest BCUT2D eigenvalue weighted by Crippen LogP contribution is 2.16. The average Bonchev–Trinajstić information content (AvgIpc) is 3.11. The Kier molecular flexibility index (Phi) is 4.85. The number of likely N-dealkylation sites (tertiary alicyclic amines) is 1. The molecule has 0 aliphatic carbocycles. The molecule has 2 heterocycles. The van der Waals surface area contributed by atoms with Crippen molar-refractivity contribution >= 4 is 22.9 Å². The van der Waals surface area contributed by atoms with Gasteiger partial charge >= 0.3 is 0 Å². The van der Waals surface area contributed by atoms with Crippen molar-refractivity contribution < 1.29 is 4.79 Å². The number of hydrogen-bond acceptors (Lipinski definition) is 4. The van der Waals surface area contributed by atoms with Gasteiger partial charge in [-0.05, 0) is 50.6 Å². The van der Waals surface area contributed by atoms with E-state index in [4.69, 9.17) is 0 Å². The van der Waals surface area contributed by atoms with Gasteiger partial charge in [0.1, 0.15) is 0 Å². The quantitative estimate of drug-likeness (QED) is 0.921. The van der Waals surface area contributed by atoms with Crippen LogP contribution in [0.4, 0.5) is 5.69 Å². The van der Waals surface area contributed by atoms with Gasteiger partial charge in [-0.3, -0.25) is 9.69 Å². The number of hydrogen-bond donors (Lipinski definition) is 1. The monoisotopic (exact) mass is 315 g/mol. The first-order valence-electron chi connectivity index (χ1n) is 7.71. The van der Waals surface area contributed by atoms with Gasteiger partial charge in [0.25, 0.3) is 0 Å². The van der Waals surface area contributed by atoms with E-state index in [2.05, 4.69) is 27.3 Å². The van der Waals surface area contributed by atoms with Gasteiger partial charge in [0.05, 0.1) is 17.1 Å². The van der Waals surface area contributed by atoms with E-state index in [1.54, 1.807) is 11.3 Å². The van der Waals surface area contributed by atoms with Crippen molar-refractivity contribution in [2.24, 2.45) is 0 Å². The number of aromatic nitrogens is 1. The van der Waals surface area contributed by atoms with Gasteiger partial charge in [-0.1, -0.05) is 12.1 Å². The molecule has 1 aliphatic rings. The average molecular weight is 315 g/mol. The highest BCUT2D eigenvalue weighted by atomic mass is 32.1. The van der Waals surface area contributed by atoms with Gasteiger partial charge in [-0.15, -0.1) is 11.3 Å². The lowest BCUT2D eigenvalue weighted by Crippen LogP contribution is -2.19. The lowest BCUT2D eigenvalue weighted by molar-refractivity contribution is -0.115. The van der Waals surface area contributed by atoms with E-state index in [1.165, 1.54) is 31.5 Å². The van der Waals surface area contributed by atoms with Gasteiger partial charge in [0.2, 0.25) is 5.91 Å². The number of nitrogens with zero attached hydrogens (tertiary/aromatic N) is 2. The predicted octanol–water partition coefficient (Wildman–Crippen LogP) is 3.23. The summed E-state index contributed by atoms with van der Waals surface area (Å²) in [6.45, 7) is 5.28. The Morgan fingerprint density at radius 2 is 2.18 bits per heavy atom. The van der Waals surface area contributed by atoms with Gasteiger partial charge < -0.3 is 5.32 Å². The molecule has 0 atom stereocenters. The first-order valence-corrected chi connectivity index (χ1v) is 8.59. The molecule has 5 heteroatoms. The van der Waals surface area contributed by atoms with E-state index in [9.17, 15) is 4.79 Å². The molecule has 2 aromatic rings. The zero-order valence-electron chi connectivity index (χ0n) is 12.8. The van der Waals surface area contributed by atoms with Crippen molar-refractivity contribution in [2.75, 3.05) is 18.4 Å². The summed E-state index contributed by atoms with van der Waals surface area (Å²) in [5, 5.41) is 5.91. The molecule has 0 spiro atoms. The Labute approximate surface area is 135 Å². The maximum atomic E-state index is 12.1. The van der Waals surface area contributed by atoms with E-state index in [0.717, 1.165) is 22.9 Å². The summed E-state index contributed by atoms with van der Waals surface area (Å²) >= 11 is 1.58. The molecule has 1 amide bonds. The van der Waals surface area contributed by atoms with Gasteiger partial charge in [0, 0.05) is 17.6 Å². The van der Waals surface area contributed by atoms with Crippen LogP contribution in [0.15, 0.2) is 29.6 Å². The molecule has 1 fully saturated rings. The number of nitrogens with one attached hydrogen (secondary N) is 1. The molecule has 116 valence electrons. The standard InChI is InChI=1S/C17H21N3OS/c1-13-18-16(12-22-13)10-17(21)19-15-6-4-5-14(9-15)11-20-7-2-3-8-20/h4-6,9,12H,2-3,7-8,10-11H2,1H3,(H,19,21). The Hall–Kier alpha value is -1.72. The van der Waals surface area contributed by atoms with Gasteiger partial charge in [0.15, 0.2) is 0 Å². The van der Waals surface area contributed by atoms with Crippen molar-refractivity contribution in [2.45, 2.75) is 32.7 Å². The second kappa shape index (κ2) is 7.03. The van der Waals surface area contributed by atoms with Crippen LogP contribution < -0.4 is 5.32 Å². The van der Waals surface area contributed by atoms with Crippen LogP contribution >= 0.6 is 11.3 Å². The molecule has 0 saturated carbocycles. The molecule has 3 rings (SSSR count). The summed E-state index contributed by atoms with van der Waals surface area (Å²) in [5.74, 6) is -0.0105. The highest BCUT2D eigenvalue weighted by molar-refractivity contribution is 7.09. The number of carbonyl (C=O) groups is 1. The van der Waals surface area contributed by atoms with Crippen molar-refractivity contribution in [3.05, 3.63) is 45.9 Å².